The second-order valence-electron chi connectivity index (χ2n) is 7.85. The lowest BCUT2D eigenvalue weighted by Gasteiger charge is -2.37. The number of rotatable bonds is 5. The molecule has 3 rings (SSSR count). The van der Waals surface area contributed by atoms with Gasteiger partial charge in [0, 0.05) is 46.2 Å². The summed E-state index contributed by atoms with van der Waals surface area (Å²) >= 11 is 0. The molecule has 1 unspecified atom stereocenters. The molecule has 0 radical (unpaired) electrons. The highest BCUT2D eigenvalue weighted by Gasteiger charge is 2.32. The quantitative estimate of drug-likeness (QED) is 0.806. The molecule has 1 N–H and O–H groups in total. The molecule has 1 aromatic carbocycles. The fourth-order valence-electron chi connectivity index (χ4n) is 4.38. The first-order valence-electron chi connectivity index (χ1n) is 10.6. The first kappa shape index (κ1) is 21.3. The van der Waals surface area contributed by atoms with Gasteiger partial charge in [-0.3, -0.25) is 19.3 Å². The molecule has 7 heteroatoms. The minimum absolute atomic E-state index is 0.0151. The number of nitrogens with zero attached hydrogens (tertiary/aromatic N) is 3. The van der Waals surface area contributed by atoms with Gasteiger partial charge < -0.3 is 15.1 Å². The van der Waals surface area contributed by atoms with E-state index in [0.29, 0.717) is 45.7 Å². The monoisotopic (exact) mass is 400 g/mol. The molecule has 1 fully saturated rings. The minimum Gasteiger partial charge on any atom is -0.355 e. The van der Waals surface area contributed by atoms with E-state index in [1.54, 1.807) is 6.92 Å². The normalized spacial score (nSPS) is 20.0. The summed E-state index contributed by atoms with van der Waals surface area (Å²) in [4.78, 5) is 43.0. The lowest BCUT2D eigenvalue weighted by atomic mass is 9.90. The molecule has 2 aliphatic heterocycles. The molecule has 158 valence electrons. The van der Waals surface area contributed by atoms with Gasteiger partial charge in [0.2, 0.25) is 17.7 Å². The summed E-state index contributed by atoms with van der Waals surface area (Å²) in [6.45, 7) is 7.98. The predicted octanol–water partition coefficient (Wildman–Crippen LogP) is 1.19. The second-order valence-corrected chi connectivity index (χ2v) is 7.85. The molecule has 2 aliphatic rings. The highest BCUT2D eigenvalue weighted by Crippen LogP contribution is 2.32. The summed E-state index contributed by atoms with van der Waals surface area (Å²) in [6, 6.07) is 7.93. The molecule has 7 nitrogen and oxygen atoms in total. The maximum Gasteiger partial charge on any atom is 0.234 e. The van der Waals surface area contributed by atoms with Gasteiger partial charge in [0.05, 0.1) is 19.0 Å². The number of nitrogens with one attached hydrogen (secondary N) is 1. The summed E-state index contributed by atoms with van der Waals surface area (Å²) in [5, 5.41) is 2.83. The van der Waals surface area contributed by atoms with Crippen LogP contribution in [0.5, 0.6) is 0 Å². The van der Waals surface area contributed by atoms with Gasteiger partial charge in [-0.25, -0.2) is 0 Å². The van der Waals surface area contributed by atoms with Crippen LogP contribution in [0.4, 0.5) is 0 Å². The zero-order chi connectivity index (χ0) is 20.8. The molecule has 0 bridgehead atoms. The highest BCUT2D eigenvalue weighted by atomic mass is 16.2. The van der Waals surface area contributed by atoms with Crippen LogP contribution in [-0.2, 0) is 20.8 Å². The molecule has 0 aromatic heterocycles. The van der Waals surface area contributed by atoms with E-state index >= 15 is 0 Å². The van der Waals surface area contributed by atoms with Crippen molar-refractivity contribution in [3.8, 4) is 0 Å². The molecule has 0 spiro atoms. The van der Waals surface area contributed by atoms with E-state index in [1.165, 1.54) is 5.56 Å². The van der Waals surface area contributed by atoms with Gasteiger partial charge in [-0.1, -0.05) is 24.3 Å². The van der Waals surface area contributed by atoms with Gasteiger partial charge in [0.1, 0.15) is 0 Å². The van der Waals surface area contributed by atoms with Crippen LogP contribution < -0.4 is 5.32 Å². The third kappa shape index (κ3) is 5.35. The number of carbonyl (C=O) groups excluding carboxylic acids is 3. The Bertz CT molecular complexity index is 751. The number of hydrogen-bond acceptors (Lipinski definition) is 4. The van der Waals surface area contributed by atoms with Crippen LogP contribution in [0.1, 0.15) is 43.9 Å². The number of amides is 3. The van der Waals surface area contributed by atoms with E-state index in [2.05, 4.69) is 16.3 Å². The van der Waals surface area contributed by atoms with Crippen LogP contribution in [0, 0.1) is 0 Å². The average Bonchev–Trinajstić information content (AvgIpc) is 2.93. The van der Waals surface area contributed by atoms with E-state index < -0.39 is 0 Å². The van der Waals surface area contributed by atoms with E-state index in [1.807, 2.05) is 34.9 Å². The number of likely N-dealkylation sites (N-methyl/N-ethyl adjacent to an activating group) is 1. The Labute approximate surface area is 173 Å². The van der Waals surface area contributed by atoms with Crippen LogP contribution in [0.3, 0.4) is 0 Å². The Morgan fingerprint density at radius 2 is 1.86 bits per heavy atom. The SMILES string of the molecule is CCNC(=O)CN1CCCN(C(=O)CC2c3ccccc3CCN2C(C)=O)CC1. The molecule has 0 aliphatic carbocycles. The van der Waals surface area contributed by atoms with Gasteiger partial charge in [-0.15, -0.1) is 0 Å². The number of fused-ring (bicyclic) bond motifs is 1. The van der Waals surface area contributed by atoms with Crippen molar-refractivity contribution >= 4 is 17.7 Å². The summed E-state index contributed by atoms with van der Waals surface area (Å²) in [7, 11) is 0. The van der Waals surface area contributed by atoms with Crippen LogP contribution in [-0.4, -0.2) is 78.2 Å². The molecule has 1 saturated heterocycles. The number of benzene rings is 1. The lowest BCUT2D eigenvalue weighted by Crippen LogP contribution is -2.43. The van der Waals surface area contributed by atoms with Crippen molar-refractivity contribution in [1.82, 2.24) is 20.0 Å². The summed E-state index contributed by atoms with van der Waals surface area (Å²) in [5.74, 6) is 0.127. The Morgan fingerprint density at radius 1 is 1.07 bits per heavy atom. The van der Waals surface area contributed by atoms with E-state index in [0.717, 1.165) is 24.9 Å². The molecular weight excluding hydrogens is 368 g/mol. The summed E-state index contributed by atoms with van der Waals surface area (Å²) in [6.07, 6.45) is 1.99. The van der Waals surface area contributed by atoms with Crippen molar-refractivity contribution in [2.75, 3.05) is 45.8 Å². The first-order chi connectivity index (χ1) is 14.0. The molecule has 3 amide bonds. The fourth-order valence-corrected chi connectivity index (χ4v) is 4.38. The topological polar surface area (TPSA) is 73.0 Å². The van der Waals surface area contributed by atoms with Gasteiger partial charge in [-0.2, -0.15) is 0 Å². The van der Waals surface area contributed by atoms with Crippen LogP contribution >= 0.6 is 0 Å². The van der Waals surface area contributed by atoms with Gasteiger partial charge in [0.25, 0.3) is 0 Å². The van der Waals surface area contributed by atoms with Gasteiger partial charge in [0.15, 0.2) is 0 Å². The molecule has 0 saturated carbocycles. The average molecular weight is 401 g/mol. The maximum atomic E-state index is 13.1. The van der Waals surface area contributed by atoms with Gasteiger partial charge in [-0.05, 0) is 30.9 Å². The van der Waals surface area contributed by atoms with E-state index in [4.69, 9.17) is 0 Å². The van der Waals surface area contributed by atoms with Crippen LogP contribution in [0.15, 0.2) is 24.3 Å². The third-order valence-corrected chi connectivity index (χ3v) is 5.87. The minimum atomic E-state index is -0.195. The first-order valence-corrected chi connectivity index (χ1v) is 10.6. The van der Waals surface area contributed by atoms with E-state index in [-0.39, 0.29) is 23.8 Å². The van der Waals surface area contributed by atoms with Crippen molar-refractivity contribution in [1.29, 1.82) is 0 Å². The molecular formula is C22H32N4O3. The van der Waals surface area contributed by atoms with Crippen LogP contribution in [0.2, 0.25) is 0 Å². The lowest BCUT2D eigenvalue weighted by molar-refractivity contribution is -0.136. The second kappa shape index (κ2) is 9.87. The van der Waals surface area contributed by atoms with Crippen molar-refractivity contribution < 1.29 is 14.4 Å². The molecule has 1 aromatic rings. The zero-order valence-corrected chi connectivity index (χ0v) is 17.5. The van der Waals surface area contributed by atoms with Crippen LogP contribution in [0.25, 0.3) is 0 Å². The van der Waals surface area contributed by atoms with Crippen molar-refractivity contribution in [3.63, 3.8) is 0 Å². The predicted molar refractivity (Wildman–Crippen MR) is 111 cm³/mol. The standard InChI is InChI=1S/C22H32N4O3/c1-3-23-21(28)16-24-10-6-11-25(14-13-24)22(29)15-20-19-8-5-4-7-18(19)9-12-26(20)17(2)27/h4-5,7-8,20H,3,6,9-16H2,1-2H3,(H,23,28). The number of carbonyl (C=O) groups is 3. The van der Waals surface area contributed by atoms with Crippen molar-refractivity contribution in [3.05, 3.63) is 35.4 Å². The Kier molecular flexibility index (Phi) is 7.25. The molecule has 29 heavy (non-hydrogen) atoms. The summed E-state index contributed by atoms with van der Waals surface area (Å²) in [5.41, 5.74) is 2.32. The Morgan fingerprint density at radius 3 is 2.62 bits per heavy atom. The molecule has 2 heterocycles. The van der Waals surface area contributed by atoms with Crippen molar-refractivity contribution in [2.45, 2.75) is 39.2 Å². The highest BCUT2D eigenvalue weighted by molar-refractivity contribution is 5.80. The van der Waals surface area contributed by atoms with E-state index in [9.17, 15) is 14.4 Å². The zero-order valence-electron chi connectivity index (χ0n) is 17.5. The largest absolute Gasteiger partial charge is 0.355 e. The van der Waals surface area contributed by atoms with Crippen molar-refractivity contribution in [2.24, 2.45) is 0 Å². The Hall–Kier alpha value is -2.41. The fraction of sp³-hybridized carbons (Fsp3) is 0.591. The number of hydrogen-bond donors (Lipinski definition) is 1. The molecule has 1 atom stereocenters. The maximum absolute atomic E-state index is 13.1. The summed E-state index contributed by atoms with van der Waals surface area (Å²) < 4.78 is 0. The third-order valence-electron chi connectivity index (χ3n) is 5.87. The van der Waals surface area contributed by atoms with Gasteiger partial charge >= 0.3 is 0 Å². The smallest absolute Gasteiger partial charge is 0.234 e. The Balaban J connectivity index is 1.64.